The van der Waals surface area contributed by atoms with E-state index in [1.54, 1.807) is 0 Å². The molecule has 7 heteroatoms. The standard InChI is InChI=1S/C18H15N3O.C16H25N3.2H2/c1-12-20-16-10-15(11-19-18(16)21-12)13-6-7-17-14(9-13)5-3-2-4-8-22-17;1-11-13-9-16(2,3)8-7-14(13)19-15(18-11)10-17-12-5-4-6-12;;/h6-7,9-11H,4-5,8H2,1H3,(H,19,20,21);12,17H,4-10H2,1-3H3;2*1H. The van der Waals surface area contributed by atoms with Gasteiger partial charge in [0, 0.05) is 50.4 Å². The molecule has 0 radical (unpaired) electrons. The maximum atomic E-state index is 5.76. The predicted molar refractivity (Wildman–Crippen MR) is 167 cm³/mol. The van der Waals surface area contributed by atoms with Crippen molar-refractivity contribution in [2.75, 3.05) is 6.61 Å². The SMILES string of the molecule is Cc1nc(CNC2CCC2)nc2c1CC(C)(C)CC2.Cc1nc2ncc(-c3ccc4c(c3)CC#CCCO4)cc2[nH]1.[HH].[HH]. The third kappa shape index (κ3) is 6.44. The van der Waals surface area contributed by atoms with Gasteiger partial charge in [-0.15, -0.1) is 0 Å². The van der Waals surface area contributed by atoms with Crippen LogP contribution in [0.2, 0.25) is 0 Å². The van der Waals surface area contributed by atoms with Gasteiger partial charge in [0.2, 0.25) is 0 Å². The van der Waals surface area contributed by atoms with Crippen LogP contribution in [0.4, 0.5) is 0 Å². The molecule has 0 atom stereocenters. The van der Waals surface area contributed by atoms with Crippen LogP contribution >= 0.6 is 0 Å². The number of benzene rings is 1. The Morgan fingerprint density at radius 2 is 1.98 bits per heavy atom. The summed E-state index contributed by atoms with van der Waals surface area (Å²) in [5, 5.41) is 3.56. The van der Waals surface area contributed by atoms with Crippen LogP contribution in [0.3, 0.4) is 0 Å². The van der Waals surface area contributed by atoms with Crippen molar-refractivity contribution in [3.63, 3.8) is 0 Å². The van der Waals surface area contributed by atoms with E-state index in [1.807, 2.05) is 19.2 Å². The molecule has 1 aliphatic heterocycles. The fourth-order valence-corrected chi connectivity index (χ4v) is 5.78. The van der Waals surface area contributed by atoms with Crippen molar-refractivity contribution in [2.24, 2.45) is 5.41 Å². The van der Waals surface area contributed by atoms with E-state index in [1.165, 1.54) is 42.6 Å². The Balaban J connectivity index is 0.000000190. The number of nitrogens with one attached hydrogen (secondary N) is 2. The lowest BCUT2D eigenvalue weighted by Crippen LogP contribution is -2.35. The Morgan fingerprint density at radius 3 is 2.80 bits per heavy atom. The monoisotopic (exact) mass is 552 g/mol. The molecule has 0 saturated heterocycles. The highest BCUT2D eigenvalue weighted by Gasteiger charge is 2.28. The molecule has 3 aliphatic rings. The van der Waals surface area contributed by atoms with Gasteiger partial charge in [0.1, 0.15) is 17.4 Å². The Labute approximate surface area is 246 Å². The highest BCUT2D eigenvalue weighted by Crippen LogP contribution is 2.35. The lowest BCUT2D eigenvalue weighted by atomic mass is 9.75. The zero-order chi connectivity index (χ0) is 28.4. The molecule has 1 fully saturated rings. The summed E-state index contributed by atoms with van der Waals surface area (Å²) in [4.78, 5) is 21.5. The van der Waals surface area contributed by atoms with Crippen LogP contribution in [0.25, 0.3) is 22.3 Å². The summed E-state index contributed by atoms with van der Waals surface area (Å²) in [5.74, 6) is 9.11. The van der Waals surface area contributed by atoms with Crippen LogP contribution in [0.5, 0.6) is 5.75 Å². The minimum absolute atomic E-state index is 0. The number of fused-ring (bicyclic) bond motifs is 3. The van der Waals surface area contributed by atoms with Crippen LogP contribution in [-0.2, 0) is 25.8 Å². The van der Waals surface area contributed by atoms with Gasteiger partial charge in [0.15, 0.2) is 5.65 Å². The molecular formula is C34H44N6O. The van der Waals surface area contributed by atoms with Crippen molar-refractivity contribution in [2.45, 2.75) is 91.6 Å². The van der Waals surface area contributed by atoms with Crippen LogP contribution in [0.15, 0.2) is 30.5 Å². The normalized spacial score (nSPS) is 17.4. The maximum absolute atomic E-state index is 5.76. The topological polar surface area (TPSA) is 88.6 Å². The molecule has 0 bridgehead atoms. The number of rotatable bonds is 4. The molecule has 7 nitrogen and oxygen atoms in total. The first-order valence-electron chi connectivity index (χ1n) is 15.0. The zero-order valence-electron chi connectivity index (χ0n) is 24.7. The molecule has 2 N–H and O–H groups in total. The third-order valence-electron chi connectivity index (χ3n) is 8.43. The summed E-state index contributed by atoms with van der Waals surface area (Å²) >= 11 is 0. The molecule has 3 aromatic heterocycles. The van der Waals surface area contributed by atoms with Crippen LogP contribution in [0, 0.1) is 31.1 Å². The van der Waals surface area contributed by atoms with E-state index < -0.39 is 0 Å². The van der Waals surface area contributed by atoms with Gasteiger partial charge in [0.25, 0.3) is 0 Å². The molecule has 216 valence electrons. The first-order chi connectivity index (χ1) is 19.8. The maximum Gasteiger partial charge on any atom is 0.177 e. The van der Waals surface area contributed by atoms with Crippen molar-refractivity contribution in [3.8, 4) is 28.7 Å². The number of aromatic nitrogens is 5. The molecule has 1 saturated carbocycles. The van der Waals surface area contributed by atoms with Gasteiger partial charge in [-0.3, -0.25) is 0 Å². The van der Waals surface area contributed by atoms with Crippen molar-refractivity contribution in [1.29, 1.82) is 0 Å². The molecule has 7 rings (SSSR count). The number of hydrogen-bond acceptors (Lipinski definition) is 6. The largest absolute Gasteiger partial charge is 0.492 e. The van der Waals surface area contributed by atoms with Crippen LogP contribution in [0.1, 0.15) is 83.0 Å². The van der Waals surface area contributed by atoms with Crippen LogP contribution in [-0.4, -0.2) is 37.6 Å². The van der Waals surface area contributed by atoms with Gasteiger partial charge >= 0.3 is 0 Å². The third-order valence-corrected chi connectivity index (χ3v) is 8.43. The summed E-state index contributed by atoms with van der Waals surface area (Å²) in [6.07, 6.45) is 10.9. The average Bonchev–Trinajstić information content (AvgIpc) is 3.28. The number of hydrogen-bond donors (Lipinski definition) is 2. The second-order valence-corrected chi connectivity index (χ2v) is 12.4. The van der Waals surface area contributed by atoms with Crippen molar-refractivity contribution >= 4 is 11.2 Å². The number of nitrogens with zero attached hydrogens (tertiary/aromatic N) is 4. The highest BCUT2D eigenvalue weighted by atomic mass is 16.5. The molecule has 4 heterocycles. The van der Waals surface area contributed by atoms with E-state index >= 15 is 0 Å². The zero-order valence-corrected chi connectivity index (χ0v) is 24.7. The second-order valence-electron chi connectivity index (χ2n) is 12.4. The molecule has 1 aromatic carbocycles. The fourth-order valence-electron chi connectivity index (χ4n) is 5.78. The molecular weight excluding hydrogens is 508 g/mol. The van der Waals surface area contributed by atoms with Crippen LogP contribution < -0.4 is 10.1 Å². The second kappa shape index (κ2) is 11.6. The van der Waals surface area contributed by atoms with E-state index in [0.717, 1.165) is 77.5 Å². The Hall–Kier alpha value is -3.76. The van der Waals surface area contributed by atoms with Gasteiger partial charge < -0.3 is 15.0 Å². The summed E-state index contributed by atoms with van der Waals surface area (Å²) in [7, 11) is 0. The smallest absolute Gasteiger partial charge is 0.177 e. The van der Waals surface area contributed by atoms with Crippen molar-refractivity contribution in [3.05, 3.63) is 64.6 Å². The number of H-pyrrole nitrogens is 1. The van der Waals surface area contributed by atoms with Crippen molar-refractivity contribution < 1.29 is 7.59 Å². The number of aromatic amines is 1. The molecule has 0 amide bonds. The number of ether oxygens (including phenoxy) is 1. The Kier molecular flexibility index (Phi) is 7.77. The highest BCUT2D eigenvalue weighted by molar-refractivity contribution is 5.78. The van der Waals surface area contributed by atoms with Crippen molar-refractivity contribution in [1.82, 2.24) is 30.2 Å². The summed E-state index contributed by atoms with van der Waals surface area (Å²) in [5.41, 5.74) is 9.33. The molecule has 41 heavy (non-hydrogen) atoms. The lowest BCUT2D eigenvalue weighted by molar-refractivity contribution is 0.308. The molecule has 0 spiro atoms. The minimum Gasteiger partial charge on any atom is -0.492 e. The Morgan fingerprint density at radius 1 is 1.10 bits per heavy atom. The first kappa shape index (κ1) is 27.4. The molecule has 0 unspecified atom stereocenters. The van der Waals surface area contributed by atoms with Gasteiger partial charge in [-0.25, -0.2) is 19.9 Å². The minimum atomic E-state index is 0. The Bertz CT molecular complexity index is 1630. The average molecular weight is 553 g/mol. The summed E-state index contributed by atoms with van der Waals surface area (Å²) in [6.45, 7) is 10.3. The summed E-state index contributed by atoms with van der Waals surface area (Å²) < 4.78 is 5.76. The number of aryl methyl sites for hydroxylation is 3. The summed E-state index contributed by atoms with van der Waals surface area (Å²) in [6, 6.07) is 9.03. The predicted octanol–water partition coefficient (Wildman–Crippen LogP) is 6.70. The number of imidazole rings is 1. The van der Waals surface area contributed by atoms with Gasteiger partial charge in [-0.05, 0) is 80.7 Å². The van der Waals surface area contributed by atoms with Gasteiger partial charge in [-0.1, -0.05) is 38.2 Å². The number of pyridine rings is 1. The van der Waals surface area contributed by atoms with E-state index in [2.05, 4.69) is 71.1 Å². The quantitative estimate of drug-likeness (QED) is 0.274. The fraction of sp³-hybridized carbons (Fsp3) is 0.471. The van der Waals surface area contributed by atoms with Gasteiger partial charge in [-0.2, -0.15) is 0 Å². The first-order valence-corrected chi connectivity index (χ1v) is 15.0. The molecule has 4 aromatic rings. The van der Waals surface area contributed by atoms with E-state index in [4.69, 9.17) is 14.7 Å². The van der Waals surface area contributed by atoms with E-state index in [9.17, 15) is 0 Å². The van der Waals surface area contributed by atoms with Gasteiger partial charge in [0.05, 0.1) is 18.7 Å². The lowest BCUT2D eigenvalue weighted by Gasteiger charge is -2.31. The van der Waals surface area contributed by atoms with E-state index in [0.29, 0.717) is 18.1 Å². The van der Waals surface area contributed by atoms with E-state index in [-0.39, 0.29) is 2.85 Å². The molecule has 2 aliphatic carbocycles.